The Bertz CT molecular complexity index is 1160. The molecule has 1 fully saturated rings. The minimum Gasteiger partial charge on any atom is -0.438 e. The van der Waals surface area contributed by atoms with Gasteiger partial charge in [-0.3, -0.25) is 4.98 Å². The number of aromatic nitrogens is 1. The van der Waals surface area contributed by atoms with Gasteiger partial charge in [-0.05, 0) is 68.3 Å². The maximum atomic E-state index is 9.56. The van der Waals surface area contributed by atoms with Crippen LogP contribution in [0.15, 0.2) is 65.8 Å². The monoisotopic (exact) mass is 518 g/mol. The third-order valence-corrected chi connectivity index (χ3v) is 7.55. The molecule has 2 N–H and O–H groups in total. The summed E-state index contributed by atoms with van der Waals surface area (Å²) in [7, 11) is 0. The number of nitriles is 1. The highest BCUT2D eigenvalue weighted by molar-refractivity contribution is 7.96. The van der Waals surface area contributed by atoms with Gasteiger partial charge in [-0.25, -0.2) is 9.30 Å². The second-order valence-electron chi connectivity index (χ2n) is 9.15. The number of rotatable bonds is 11. The van der Waals surface area contributed by atoms with Crippen molar-refractivity contribution in [2.24, 2.45) is 16.6 Å². The van der Waals surface area contributed by atoms with Crippen LogP contribution in [-0.4, -0.2) is 58.9 Å². The van der Waals surface area contributed by atoms with E-state index in [1.54, 1.807) is 24.1 Å². The van der Waals surface area contributed by atoms with Gasteiger partial charge in [-0.15, -0.1) is 0 Å². The second kappa shape index (κ2) is 14.0. The van der Waals surface area contributed by atoms with Crippen molar-refractivity contribution in [3.8, 4) is 23.1 Å². The molecule has 2 heterocycles. The molecule has 2 aromatic rings. The van der Waals surface area contributed by atoms with Crippen molar-refractivity contribution < 1.29 is 4.74 Å². The Labute approximate surface area is 225 Å². The molecule has 3 rings (SSSR count). The summed E-state index contributed by atoms with van der Waals surface area (Å²) in [5, 5.41) is 9.56. The number of aliphatic imine (C=N–C) groups is 1. The number of allylic oxidation sites excluding steroid dienone is 1. The molecule has 1 aliphatic heterocycles. The Hall–Kier alpha value is -3.12. The van der Waals surface area contributed by atoms with Crippen molar-refractivity contribution in [2.75, 3.05) is 39.0 Å². The summed E-state index contributed by atoms with van der Waals surface area (Å²) in [5.41, 5.74) is 10.7. The lowest BCUT2D eigenvalue weighted by Crippen LogP contribution is -2.42. The Morgan fingerprint density at radius 3 is 2.65 bits per heavy atom. The normalized spacial score (nSPS) is 15.8. The van der Waals surface area contributed by atoms with Crippen LogP contribution in [0.5, 0.6) is 5.75 Å². The minimum atomic E-state index is 0.312. The van der Waals surface area contributed by atoms with Crippen molar-refractivity contribution in [1.82, 2.24) is 14.2 Å². The summed E-state index contributed by atoms with van der Waals surface area (Å²) < 4.78 is 8.80. The van der Waals surface area contributed by atoms with E-state index in [1.165, 1.54) is 0 Å². The van der Waals surface area contributed by atoms with Crippen LogP contribution < -0.4 is 10.5 Å². The lowest BCUT2D eigenvalue weighted by Gasteiger charge is -2.35. The molecule has 0 bridgehead atoms. The molecule has 7 nitrogen and oxygen atoms in total. The predicted molar refractivity (Wildman–Crippen MR) is 154 cm³/mol. The van der Waals surface area contributed by atoms with E-state index in [2.05, 4.69) is 46.9 Å². The quantitative estimate of drug-likeness (QED) is 0.188. The summed E-state index contributed by atoms with van der Waals surface area (Å²) in [5.74, 6) is 1.29. The first-order chi connectivity index (χ1) is 17.9. The van der Waals surface area contributed by atoms with Crippen LogP contribution >= 0.6 is 11.9 Å². The Morgan fingerprint density at radius 2 is 2.05 bits per heavy atom. The van der Waals surface area contributed by atoms with Gasteiger partial charge in [-0.1, -0.05) is 38.4 Å². The van der Waals surface area contributed by atoms with Crippen LogP contribution in [-0.2, 0) is 6.42 Å². The molecule has 0 radical (unpaired) electrons. The highest BCUT2D eigenvalue weighted by Crippen LogP contribution is 2.32. The molecule has 1 aromatic carbocycles. The van der Waals surface area contributed by atoms with Gasteiger partial charge in [0.1, 0.15) is 5.75 Å². The summed E-state index contributed by atoms with van der Waals surface area (Å²) in [6, 6.07) is 11.6. The fourth-order valence-corrected chi connectivity index (χ4v) is 4.48. The summed E-state index contributed by atoms with van der Waals surface area (Å²) >= 11 is 1.77. The van der Waals surface area contributed by atoms with Gasteiger partial charge >= 0.3 is 0 Å². The van der Waals surface area contributed by atoms with Crippen LogP contribution in [0.4, 0.5) is 0 Å². The third-order valence-electron chi connectivity index (χ3n) is 6.66. The standard InChI is InChI=1S/C29H38N6OS/c1-6-21(2)23(4)33-29(17-22(3)34-13-15-35(37-5)16-14-34)36-28-18-25(19-31)7-9-26(28)27-10-8-24(11-12-30)20-32-27/h7-10,17-18,20-21H,3,6,11-16,30H2,1-2,4-5H3/b29-17+,33-23-. The van der Waals surface area contributed by atoms with E-state index in [4.69, 9.17) is 15.5 Å². The number of piperazine rings is 1. The lowest BCUT2D eigenvalue weighted by molar-refractivity contribution is 0.246. The van der Waals surface area contributed by atoms with E-state index in [1.807, 2.05) is 37.4 Å². The van der Waals surface area contributed by atoms with Crippen molar-refractivity contribution >= 4 is 17.7 Å². The average Bonchev–Trinajstić information content (AvgIpc) is 2.93. The third kappa shape index (κ3) is 7.93. The first-order valence-corrected chi connectivity index (χ1v) is 13.9. The van der Waals surface area contributed by atoms with Crippen LogP contribution in [0.3, 0.4) is 0 Å². The zero-order valence-corrected chi connectivity index (χ0v) is 23.2. The average molecular weight is 519 g/mol. The van der Waals surface area contributed by atoms with Gasteiger partial charge < -0.3 is 15.4 Å². The van der Waals surface area contributed by atoms with E-state index in [-0.39, 0.29) is 0 Å². The highest BCUT2D eigenvalue weighted by Gasteiger charge is 2.18. The van der Waals surface area contributed by atoms with Crippen molar-refractivity contribution in [3.63, 3.8) is 0 Å². The minimum absolute atomic E-state index is 0.312. The largest absolute Gasteiger partial charge is 0.438 e. The molecule has 196 valence electrons. The van der Waals surface area contributed by atoms with Crippen LogP contribution in [0.1, 0.15) is 38.3 Å². The van der Waals surface area contributed by atoms with E-state index in [9.17, 15) is 5.26 Å². The Morgan fingerprint density at radius 1 is 1.30 bits per heavy atom. The topological polar surface area (TPSA) is 90.8 Å². The van der Waals surface area contributed by atoms with E-state index in [0.29, 0.717) is 29.7 Å². The van der Waals surface area contributed by atoms with Crippen molar-refractivity contribution in [3.05, 3.63) is 71.9 Å². The van der Waals surface area contributed by atoms with Gasteiger partial charge in [0, 0.05) is 55.4 Å². The van der Waals surface area contributed by atoms with E-state index < -0.39 is 0 Å². The SMILES string of the molecule is C=C(/C=C(\N=C(\C)C(C)CC)Oc1cc(C#N)ccc1-c1ccc(CCN)cn1)N1CCN(SC)CC1. The smallest absolute Gasteiger partial charge is 0.221 e. The van der Waals surface area contributed by atoms with E-state index in [0.717, 1.165) is 67.3 Å². The molecule has 1 unspecified atom stereocenters. The summed E-state index contributed by atoms with van der Waals surface area (Å²) in [6.07, 6.45) is 7.60. The molecule has 0 saturated carbocycles. The molecule has 0 aliphatic carbocycles. The number of nitrogens with zero attached hydrogens (tertiary/aromatic N) is 5. The zero-order valence-electron chi connectivity index (χ0n) is 22.4. The Balaban J connectivity index is 1.98. The zero-order chi connectivity index (χ0) is 26.8. The Kier molecular flexibility index (Phi) is 10.8. The lowest BCUT2D eigenvalue weighted by atomic mass is 10.0. The fourth-order valence-electron chi connectivity index (χ4n) is 3.95. The molecular weight excluding hydrogens is 480 g/mol. The van der Waals surface area contributed by atoms with Crippen molar-refractivity contribution in [2.45, 2.75) is 33.6 Å². The molecule has 37 heavy (non-hydrogen) atoms. The molecule has 8 heteroatoms. The molecular formula is C29H38N6OS. The van der Waals surface area contributed by atoms with Gasteiger partial charge in [0.25, 0.3) is 0 Å². The maximum Gasteiger partial charge on any atom is 0.221 e. The van der Waals surface area contributed by atoms with Gasteiger partial charge in [0.15, 0.2) is 0 Å². The molecule has 1 aliphatic rings. The van der Waals surface area contributed by atoms with Gasteiger partial charge in [0.2, 0.25) is 5.88 Å². The second-order valence-corrected chi connectivity index (χ2v) is 10.0. The first-order valence-electron chi connectivity index (χ1n) is 12.8. The summed E-state index contributed by atoms with van der Waals surface area (Å²) in [4.78, 5) is 11.8. The molecule has 0 spiro atoms. The van der Waals surface area contributed by atoms with Crippen LogP contribution in [0.2, 0.25) is 0 Å². The van der Waals surface area contributed by atoms with Gasteiger partial charge in [-0.2, -0.15) is 5.26 Å². The fraction of sp³-hybridized carbons (Fsp3) is 0.414. The molecule has 1 saturated heterocycles. The summed E-state index contributed by atoms with van der Waals surface area (Å²) in [6.45, 7) is 15.0. The van der Waals surface area contributed by atoms with E-state index >= 15 is 0 Å². The van der Waals surface area contributed by atoms with Crippen LogP contribution in [0, 0.1) is 17.2 Å². The number of benzene rings is 1. The predicted octanol–water partition coefficient (Wildman–Crippen LogP) is 5.26. The van der Waals surface area contributed by atoms with Gasteiger partial charge in [0.05, 0.1) is 17.3 Å². The highest BCUT2D eigenvalue weighted by atomic mass is 32.2. The number of ether oxygens (including phenoxy) is 1. The number of hydrogen-bond donors (Lipinski definition) is 1. The maximum absolute atomic E-state index is 9.56. The first kappa shape index (κ1) is 28.5. The number of pyridine rings is 1. The molecule has 1 aromatic heterocycles. The molecule has 0 amide bonds. The van der Waals surface area contributed by atoms with Crippen molar-refractivity contribution in [1.29, 1.82) is 5.26 Å². The molecule has 1 atom stereocenters. The number of hydrogen-bond acceptors (Lipinski definition) is 8. The number of nitrogens with two attached hydrogens (primary N) is 1. The van der Waals surface area contributed by atoms with Crippen LogP contribution in [0.25, 0.3) is 11.3 Å².